The third-order valence-electron chi connectivity index (χ3n) is 2.31. The molecule has 0 aliphatic heterocycles. The van der Waals surface area contributed by atoms with Crippen molar-refractivity contribution in [2.75, 3.05) is 6.54 Å². The first kappa shape index (κ1) is 10.3. The first-order valence-electron chi connectivity index (χ1n) is 4.97. The summed E-state index contributed by atoms with van der Waals surface area (Å²) in [5.41, 5.74) is 6.55. The molecule has 1 aromatic heterocycles. The minimum atomic E-state index is 0.681. The Morgan fingerprint density at radius 1 is 1.62 bits per heavy atom. The summed E-state index contributed by atoms with van der Waals surface area (Å²) in [6.07, 6.45) is 6.09. The molecule has 1 atom stereocenters. The molecule has 0 aromatic carbocycles. The van der Waals surface area contributed by atoms with Crippen molar-refractivity contribution in [1.82, 2.24) is 9.55 Å². The number of imidazole rings is 1. The van der Waals surface area contributed by atoms with Gasteiger partial charge >= 0.3 is 0 Å². The molecule has 1 aromatic rings. The third kappa shape index (κ3) is 3.19. The first-order chi connectivity index (χ1) is 6.26. The number of hydrogen-bond acceptors (Lipinski definition) is 2. The molecular weight excluding hydrogens is 162 g/mol. The van der Waals surface area contributed by atoms with Gasteiger partial charge in [-0.3, -0.25) is 0 Å². The monoisotopic (exact) mass is 181 g/mol. The van der Waals surface area contributed by atoms with E-state index in [1.807, 2.05) is 6.33 Å². The Hall–Kier alpha value is -0.830. The molecular formula is C10H19N3. The number of nitrogens with zero attached hydrogens (tertiary/aromatic N) is 2. The summed E-state index contributed by atoms with van der Waals surface area (Å²) in [5, 5.41) is 0. The molecule has 0 aliphatic carbocycles. The highest BCUT2D eigenvalue weighted by Crippen LogP contribution is 2.05. The van der Waals surface area contributed by atoms with Crippen LogP contribution in [0.4, 0.5) is 0 Å². The highest BCUT2D eigenvalue weighted by atomic mass is 15.0. The van der Waals surface area contributed by atoms with E-state index in [1.54, 1.807) is 0 Å². The SMILES string of the molecule is CCC(C)Cn1cnc(CCN)c1. The quantitative estimate of drug-likeness (QED) is 0.746. The molecule has 13 heavy (non-hydrogen) atoms. The fraction of sp³-hybridized carbons (Fsp3) is 0.700. The number of aromatic nitrogens is 2. The van der Waals surface area contributed by atoms with E-state index in [0.29, 0.717) is 6.54 Å². The Morgan fingerprint density at radius 3 is 3.00 bits per heavy atom. The van der Waals surface area contributed by atoms with E-state index in [-0.39, 0.29) is 0 Å². The zero-order chi connectivity index (χ0) is 9.68. The molecule has 1 unspecified atom stereocenters. The lowest BCUT2D eigenvalue weighted by Crippen LogP contribution is -2.05. The fourth-order valence-corrected chi connectivity index (χ4v) is 1.27. The van der Waals surface area contributed by atoms with Crippen LogP contribution in [0, 0.1) is 5.92 Å². The van der Waals surface area contributed by atoms with E-state index < -0.39 is 0 Å². The van der Waals surface area contributed by atoms with E-state index in [9.17, 15) is 0 Å². The molecule has 0 bridgehead atoms. The van der Waals surface area contributed by atoms with Crippen molar-refractivity contribution in [2.45, 2.75) is 33.2 Å². The largest absolute Gasteiger partial charge is 0.337 e. The van der Waals surface area contributed by atoms with Gasteiger partial charge in [0.1, 0.15) is 0 Å². The van der Waals surface area contributed by atoms with Gasteiger partial charge in [0.15, 0.2) is 0 Å². The molecule has 0 radical (unpaired) electrons. The van der Waals surface area contributed by atoms with Gasteiger partial charge in [0.25, 0.3) is 0 Å². The van der Waals surface area contributed by atoms with Gasteiger partial charge < -0.3 is 10.3 Å². The Morgan fingerprint density at radius 2 is 2.38 bits per heavy atom. The zero-order valence-corrected chi connectivity index (χ0v) is 8.53. The van der Waals surface area contributed by atoms with Crippen LogP contribution < -0.4 is 5.73 Å². The Kier molecular flexibility index (Phi) is 3.96. The van der Waals surface area contributed by atoms with E-state index >= 15 is 0 Å². The lowest BCUT2D eigenvalue weighted by molar-refractivity contribution is 0.468. The predicted molar refractivity (Wildman–Crippen MR) is 54.4 cm³/mol. The second-order valence-electron chi connectivity index (χ2n) is 3.61. The van der Waals surface area contributed by atoms with E-state index in [1.165, 1.54) is 6.42 Å². The molecule has 1 heterocycles. The Bertz CT molecular complexity index is 242. The van der Waals surface area contributed by atoms with Crippen LogP contribution in [0.5, 0.6) is 0 Å². The first-order valence-corrected chi connectivity index (χ1v) is 4.97. The lowest BCUT2D eigenvalue weighted by Gasteiger charge is -2.07. The molecule has 3 heteroatoms. The van der Waals surface area contributed by atoms with E-state index in [0.717, 1.165) is 24.6 Å². The highest BCUT2D eigenvalue weighted by Gasteiger charge is 2.01. The third-order valence-corrected chi connectivity index (χ3v) is 2.31. The van der Waals surface area contributed by atoms with Crippen molar-refractivity contribution in [1.29, 1.82) is 0 Å². The minimum Gasteiger partial charge on any atom is -0.337 e. The average Bonchev–Trinajstić information content (AvgIpc) is 2.53. The minimum absolute atomic E-state index is 0.681. The molecule has 0 spiro atoms. The van der Waals surface area contributed by atoms with Crippen LogP contribution in [0.3, 0.4) is 0 Å². The van der Waals surface area contributed by atoms with Crippen LogP contribution in [0.1, 0.15) is 26.0 Å². The predicted octanol–water partition coefficient (Wildman–Crippen LogP) is 1.43. The summed E-state index contributed by atoms with van der Waals surface area (Å²) in [6, 6.07) is 0. The zero-order valence-electron chi connectivity index (χ0n) is 8.53. The van der Waals surface area contributed by atoms with Crippen LogP contribution >= 0.6 is 0 Å². The van der Waals surface area contributed by atoms with Crippen molar-refractivity contribution in [3.8, 4) is 0 Å². The van der Waals surface area contributed by atoms with Gasteiger partial charge in [-0.1, -0.05) is 20.3 Å². The summed E-state index contributed by atoms with van der Waals surface area (Å²) >= 11 is 0. The van der Waals surface area contributed by atoms with Crippen molar-refractivity contribution >= 4 is 0 Å². The lowest BCUT2D eigenvalue weighted by atomic mass is 10.1. The van der Waals surface area contributed by atoms with Gasteiger partial charge in [0, 0.05) is 19.2 Å². The van der Waals surface area contributed by atoms with Crippen LogP contribution in [-0.4, -0.2) is 16.1 Å². The second-order valence-corrected chi connectivity index (χ2v) is 3.61. The molecule has 74 valence electrons. The standard InChI is InChI=1S/C10H19N3/c1-3-9(2)6-13-7-10(4-5-11)12-8-13/h7-9H,3-6,11H2,1-2H3. The molecule has 1 rings (SSSR count). The summed E-state index contributed by atoms with van der Waals surface area (Å²) in [6.45, 7) is 6.21. The second kappa shape index (κ2) is 5.02. The maximum atomic E-state index is 5.45. The van der Waals surface area contributed by atoms with Gasteiger partial charge in [-0.25, -0.2) is 4.98 Å². The maximum absolute atomic E-state index is 5.45. The van der Waals surface area contributed by atoms with Gasteiger partial charge in [-0.15, -0.1) is 0 Å². The van der Waals surface area contributed by atoms with Crippen LogP contribution in [0.25, 0.3) is 0 Å². The molecule has 3 nitrogen and oxygen atoms in total. The molecule has 2 N–H and O–H groups in total. The summed E-state index contributed by atoms with van der Waals surface area (Å²) in [4.78, 5) is 4.28. The molecule has 0 saturated heterocycles. The topological polar surface area (TPSA) is 43.8 Å². The Balaban J connectivity index is 2.48. The normalized spacial score (nSPS) is 13.2. The Labute approximate surface area is 80.0 Å². The molecule has 0 amide bonds. The fourth-order valence-electron chi connectivity index (χ4n) is 1.27. The van der Waals surface area contributed by atoms with Crippen molar-refractivity contribution in [2.24, 2.45) is 11.7 Å². The number of hydrogen-bond donors (Lipinski definition) is 1. The van der Waals surface area contributed by atoms with Gasteiger partial charge in [-0.05, 0) is 12.5 Å². The van der Waals surface area contributed by atoms with Crippen molar-refractivity contribution < 1.29 is 0 Å². The summed E-state index contributed by atoms with van der Waals surface area (Å²) in [7, 11) is 0. The molecule has 0 aliphatic rings. The highest BCUT2D eigenvalue weighted by molar-refractivity contribution is 4.97. The van der Waals surface area contributed by atoms with Crippen molar-refractivity contribution in [3.63, 3.8) is 0 Å². The van der Waals surface area contributed by atoms with E-state index in [2.05, 4.69) is 29.6 Å². The summed E-state index contributed by atoms with van der Waals surface area (Å²) < 4.78 is 2.15. The van der Waals surface area contributed by atoms with Crippen LogP contribution in [0.15, 0.2) is 12.5 Å². The van der Waals surface area contributed by atoms with E-state index in [4.69, 9.17) is 5.73 Å². The van der Waals surface area contributed by atoms with Gasteiger partial charge in [0.2, 0.25) is 0 Å². The summed E-state index contributed by atoms with van der Waals surface area (Å²) in [5.74, 6) is 0.722. The molecule has 0 fully saturated rings. The van der Waals surface area contributed by atoms with Gasteiger partial charge in [-0.2, -0.15) is 0 Å². The van der Waals surface area contributed by atoms with Crippen molar-refractivity contribution in [3.05, 3.63) is 18.2 Å². The number of rotatable bonds is 5. The average molecular weight is 181 g/mol. The van der Waals surface area contributed by atoms with Crippen LogP contribution in [0.2, 0.25) is 0 Å². The maximum Gasteiger partial charge on any atom is 0.0949 e. The van der Waals surface area contributed by atoms with Gasteiger partial charge in [0.05, 0.1) is 12.0 Å². The molecule has 0 saturated carbocycles. The van der Waals surface area contributed by atoms with Crippen LogP contribution in [-0.2, 0) is 13.0 Å². The smallest absolute Gasteiger partial charge is 0.0949 e. The number of nitrogens with two attached hydrogens (primary N) is 1.